The molecule has 0 unspecified atom stereocenters. The molecule has 4 aromatic carbocycles. The van der Waals surface area contributed by atoms with Crippen molar-refractivity contribution in [3.05, 3.63) is 156 Å². The number of carbonyl (C=O) groups is 4. The minimum Gasteiger partial charge on any atom is -0.487 e. The zero-order chi connectivity index (χ0) is 52.6. The zero-order valence-electron chi connectivity index (χ0n) is 42.3. The number of rotatable bonds is 34. The van der Waals surface area contributed by atoms with E-state index in [-0.39, 0.29) is 106 Å². The van der Waals surface area contributed by atoms with Gasteiger partial charge in [0.15, 0.2) is 23.0 Å². The van der Waals surface area contributed by atoms with Gasteiger partial charge in [-0.15, -0.1) is 0 Å². The van der Waals surface area contributed by atoms with Crippen LogP contribution in [-0.2, 0) is 62.5 Å². The summed E-state index contributed by atoms with van der Waals surface area (Å²) in [6.45, 7) is 22.9. The van der Waals surface area contributed by atoms with Crippen molar-refractivity contribution >= 4 is 23.9 Å². The van der Waals surface area contributed by atoms with Gasteiger partial charge in [0, 0.05) is 22.3 Å². The summed E-state index contributed by atoms with van der Waals surface area (Å²) < 4.78 is 69.0. The van der Waals surface area contributed by atoms with Crippen LogP contribution < -0.4 is 18.9 Å². The van der Waals surface area contributed by atoms with Crippen LogP contribution in [0.3, 0.4) is 0 Å². The third kappa shape index (κ3) is 16.4. The molecule has 0 spiro atoms. The van der Waals surface area contributed by atoms with E-state index in [1.54, 1.807) is 27.7 Å². The summed E-state index contributed by atoms with van der Waals surface area (Å²) in [5.41, 5.74) is 6.07. The van der Waals surface area contributed by atoms with Crippen LogP contribution in [0.25, 0.3) is 11.1 Å². The molecule has 16 heteroatoms. The van der Waals surface area contributed by atoms with Crippen LogP contribution in [0.4, 0.5) is 0 Å². The predicted octanol–water partition coefficient (Wildman–Crippen LogP) is 8.11. The molecule has 1 aliphatic carbocycles. The molecule has 1 aliphatic rings. The molecule has 4 aromatic rings. The predicted molar refractivity (Wildman–Crippen MR) is 272 cm³/mol. The van der Waals surface area contributed by atoms with E-state index in [2.05, 4.69) is 50.6 Å². The summed E-state index contributed by atoms with van der Waals surface area (Å²) in [4.78, 5) is 47.3. The molecule has 0 aliphatic heterocycles. The van der Waals surface area contributed by atoms with Crippen LogP contribution in [-0.4, -0.2) is 130 Å². The Morgan fingerprint density at radius 1 is 0.356 bits per heavy atom. The summed E-state index contributed by atoms with van der Waals surface area (Å²) in [5.74, 6) is -0.198. The molecule has 0 bridgehead atoms. The van der Waals surface area contributed by atoms with Gasteiger partial charge in [0.2, 0.25) is 0 Å². The first kappa shape index (κ1) is 56.7. The average molecular weight is 1010 g/mol. The van der Waals surface area contributed by atoms with Crippen molar-refractivity contribution in [1.29, 1.82) is 0 Å². The molecule has 0 radical (unpaired) electrons. The highest BCUT2D eigenvalue weighted by atomic mass is 16.6. The number of esters is 4. The second kappa shape index (κ2) is 29.3. The molecule has 0 saturated heterocycles. The van der Waals surface area contributed by atoms with Crippen molar-refractivity contribution < 1.29 is 76.0 Å². The lowest BCUT2D eigenvalue weighted by Gasteiger charge is -2.34. The standard InChI is InChI=1S/C57H66O16/c1-39(2)53(58)70-33-25-62-21-29-66-49-19-17-43(37-51(49)68-31-23-64-27-35-72-55(60)41(5)6)57(47-15-11-9-13-45(47)46-14-10-12-16-48(46)57)44-18-20-50(67-30-22-63-26-34-71-54(59)40(3)4)52(38-44)69-32-24-65-28-36-73-56(61)42(7)8/h9-20,37-38H,1,3,5,7,21-36H2,2,4,6,8H3. The van der Waals surface area contributed by atoms with Gasteiger partial charge in [0.05, 0.1) is 58.3 Å². The zero-order valence-corrected chi connectivity index (χ0v) is 42.3. The van der Waals surface area contributed by atoms with Crippen LogP contribution in [0.15, 0.2) is 134 Å². The maximum absolute atomic E-state index is 11.9. The van der Waals surface area contributed by atoms with Gasteiger partial charge in [-0.3, -0.25) is 0 Å². The van der Waals surface area contributed by atoms with Crippen LogP contribution in [0.2, 0.25) is 0 Å². The number of hydrogen-bond donors (Lipinski definition) is 0. The minimum atomic E-state index is -0.942. The quantitative estimate of drug-likeness (QED) is 0.0167. The summed E-state index contributed by atoms with van der Waals surface area (Å²) in [6, 6.07) is 28.2. The Bertz CT molecular complexity index is 2390. The van der Waals surface area contributed by atoms with E-state index in [9.17, 15) is 19.2 Å². The second-order valence-electron chi connectivity index (χ2n) is 16.7. The molecule has 0 aromatic heterocycles. The lowest BCUT2D eigenvalue weighted by Crippen LogP contribution is -2.29. The van der Waals surface area contributed by atoms with Gasteiger partial charge in [-0.25, -0.2) is 19.2 Å². The molecular formula is C57H66O16. The Labute approximate surface area is 427 Å². The fraction of sp³-hybridized carbons (Fsp3) is 0.368. The van der Waals surface area contributed by atoms with Gasteiger partial charge in [0.1, 0.15) is 52.9 Å². The van der Waals surface area contributed by atoms with Crippen molar-refractivity contribution in [1.82, 2.24) is 0 Å². The van der Waals surface area contributed by atoms with Gasteiger partial charge in [-0.05, 0) is 85.3 Å². The molecule has 0 fully saturated rings. The lowest BCUT2D eigenvalue weighted by atomic mass is 9.67. The van der Waals surface area contributed by atoms with E-state index >= 15 is 0 Å². The average Bonchev–Trinajstić information content (AvgIpc) is 3.68. The van der Waals surface area contributed by atoms with Crippen molar-refractivity contribution in [2.75, 3.05) is 106 Å². The molecule has 5 rings (SSSR count). The fourth-order valence-corrected chi connectivity index (χ4v) is 7.49. The Hall–Kier alpha value is -7.24. The smallest absolute Gasteiger partial charge is 0.333 e. The van der Waals surface area contributed by atoms with E-state index in [4.69, 9.17) is 56.8 Å². The lowest BCUT2D eigenvalue weighted by molar-refractivity contribution is -0.141. The van der Waals surface area contributed by atoms with Gasteiger partial charge in [-0.2, -0.15) is 0 Å². The van der Waals surface area contributed by atoms with E-state index in [1.165, 1.54) is 0 Å². The van der Waals surface area contributed by atoms with Gasteiger partial charge < -0.3 is 56.8 Å². The van der Waals surface area contributed by atoms with Crippen molar-refractivity contribution in [3.8, 4) is 34.1 Å². The number of carbonyl (C=O) groups excluding carboxylic acids is 4. The van der Waals surface area contributed by atoms with E-state index < -0.39 is 29.3 Å². The fourth-order valence-electron chi connectivity index (χ4n) is 7.49. The Morgan fingerprint density at radius 3 is 0.932 bits per heavy atom. The van der Waals surface area contributed by atoms with Crippen LogP contribution in [0.5, 0.6) is 23.0 Å². The molecule has 0 N–H and O–H groups in total. The highest BCUT2D eigenvalue weighted by molar-refractivity contribution is 5.89. The van der Waals surface area contributed by atoms with Crippen molar-refractivity contribution in [2.24, 2.45) is 0 Å². The molecule has 0 atom stereocenters. The Morgan fingerprint density at radius 2 is 0.630 bits per heavy atom. The molecule has 0 heterocycles. The molecule has 390 valence electrons. The molecule has 73 heavy (non-hydrogen) atoms. The molecule has 0 saturated carbocycles. The number of ether oxygens (including phenoxy) is 12. The highest BCUT2D eigenvalue weighted by Crippen LogP contribution is 2.57. The summed E-state index contributed by atoms with van der Waals surface area (Å²) in [7, 11) is 0. The maximum atomic E-state index is 11.9. The minimum absolute atomic E-state index is 0.0569. The normalized spacial score (nSPS) is 11.8. The van der Waals surface area contributed by atoms with Gasteiger partial charge >= 0.3 is 23.9 Å². The summed E-state index contributed by atoms with van der Waals surface area (Å²) in [5, 5.41) is 0. The van der Waals surface area contributed by atoms with Crippen LogP contribution in [0.1, 0.15) is 49.9 Å². The number of hydrogen-bond acceptors (Lipinski definition) is 16. The first-order valence-electron chi connectivity index (χ1n) is 23.9. The maximum Gasteiger partial charge on any atom is 0.333 e. The summed E-state index contributed by atoms with van der Waals surface area (Å²) >= 11 is 0. The SMILES string of the molecule is C=C(C)C(=O)OCCOCCOc1ccc(C2(c3ccc(OCCOCCOC(=O)C(=C)C)c(OCCOCCOC(=O)C(=C)C)c3)c3ccccc3-c3ccccc32)cc1OCCOCCOC(=O)C(=C)C. The first-order valence-corrected chi connectivity index (χ1v) is 23.9. The largest absolute Gasteiger partial charge is 0.487 e. The Kier molecular flexibility index (Phi) is 22.8. The van der Waals surface area contributed by atoms with E-state index in [0.717, 1.165) is 33.4 Å². The van der Waals surface area contributed by atoms with Gasteiger partial charge in [-0.1, -0.05) is 87.0 Å². The third-order valence-electron chi connectivity index (χ3n) is 10.9. The van der Waals surface area contributed by atoms with E-state index in [0.29, 0.717) is 45.3 Å². The van der Waals surface area contributed by atoms with E-state index in [1.807, 2.05) is 60.7 Å². The summed E-state index contributed by atoms with van der Waals surface area (Å²) in [6.07, 6.45) is 0. The third-order valence-corrected chi connectivity index (χ3v) is 10.9. The second-order valence-corrected chi connectivity index (χ2v) is 16.7. The number of benzene rings is 4. The highest BCUT2D eigenvalue weighted by Gasteiger charge is 2.46. The van der Waals surface area contributed by atoms with Crippen molar-refractivity contribution in [2.45, 2.75) is 33.1 Å². The van der Waals surface area contributed by atoms with Crippen LogP contribution >= 0.6 is 0 Å². The topological polar surface area (TPSA) is 179 Å². The Balaban J connectivity index is 1.47. The number of fused-ring (bicyclic) bond motifs is 3. The molecule has 16 nitrogen and oxygen atoms in total. The molecule has 0 amide bonds. The van der Waals surface area contributed by atoms with Crippen molar-refractivity contribution in [3.63, 3.8) is 0 Å². The monoisotopic (exact) mass is 1010 g/mol. The van der Waals surface area contributed by atoms with Crippen LogP contribution in [0, 0.1) is 0 Å². The first-order chi connectivity index (χ1) is 35.2. The molecular weight excluding hydrogens is 941 g/mol. The van der Waals surface area contributed by atoms with Gasteiger partial charge in [0.25, 0.3) is 0 Å².